The van der Waals surface area contributed by atoms with Gasteiger partial charge in [0.05, 0.1) is 0 Å². The predicted molar refractivity (Wildman–Crippen MR) is 103 cm³/mol. The van der Waals surface area contributed by atoms with Gasteiger partial charge in [-0.05, 0) is 56.2 Å². The van der Waals surface area contributed by atoms with Crippen LogP contribution in [-0.4, -0.2) is 40.2 Å². The zero-order valence-corrected chi connectivity index (χ0v) is 15.6. The number of hydrogen-bond acceptors (Lipinski definition) is 6. The first kappa shape index (κ1) is 20.9. The maximum atomic E-state index is 12.4. The van der Waals surface area contributed by atoms with Gasteiger partial charge < -0.3 is 15.8 Å². The van der Waals surface area contributed by atoms with Crippen molar-refractivity contribution in [1.82, 2.24) is 15.8 Å². The summed E-state index contributed by atoms with van der Waals surface area (Å²) in [7, 11) is 0. The third-order valence-electron chi connectivity index (χ3n) is 3.70. The number of carbonyl (C=O) groups excluding carboxylic acids is 2. The molecule has 1 aromatic carbocycles. The first-order valence-corrected chi connectivity index (χ1v) is 8.47. The number of aromatic nitrogens is 1. The largest absolute Gasteiger partial charge is 0.481 e. The summed E-state index contributed by atoms with van der Waals surface area (Å²) in [4.78, 5) is 28.2. The number of nitrogens with two attached hydrogens (primary N) is 1. The lowest BCUT2D eigenvalue weighted by Gasteiger charge is -2.29. The fraction of sp³-hybridized carbons (Fsp3) is 0.250. The summed E-state index contributed by atoms with van der Waals surface area (Å²) in [6.45, 7) is 3.30. The minimum atomic E-state index is -1.11. The van der Waals surface area contributed by atoms with Gasteiger partial charge in [0.2, 0.25) is 0 Å². The molecule has 0 unspecified atom stereocenters. The minimum Gasteiger partial charge on any atom is -0.481 e. The van der Waals surface area contributed by atoms with Gasteiger partial charge in [0.15, 0.2) is 0 Å². The van der Waals surface area contributed by atoms with Crippen LogP contribution in [0.15, 0.2) is 48.7 Å². The molecule has 0 saturated carbocycles. The number of benzene rings is 1. The molecule has 5 N–H and O–H groups in total. The van der Waals surface area contributed by atoms with Crippen LogP contribution < -0.4 is 21.3 Å². The van der Waals surface area contributed by atoms with Gasteiger partial charge in [0.25, 0.3) is 11.8 Å². The smallest absolute Gasteiger partial charge is 0.267 e. The molecule has 8 nitrogen and oxygen atoms in total. The van der Waals surface area contributed by atoms with Crippen molar-refractivity contribution in [1.29, 1.82) is 0 Å². The minimum absolute atomic E-state index is 0.169. The lowest BCUT2D eigenvalue weighted by Crippen LogP contribution is -2.61. The van der Waals surface area contributed by atoms with E-state index in [0.717, 1.165) is 0 Å². The van der Waals surface area contributed by atoms with Crippen LogP contribution in [0.1, 0.15) is 29.9 Å². The molecule has 28 heavy (non-hydrogen) atoms. The molecule has 2 amide bonds. The zero-order valence-electron chi connectivity index (χ0n) is 15.6. The number of hydroxylamine groups is 1. The van der Waals surface area contributed by atoms with Crippen molar-refractivity contribution in [3.8, 4) is 17.6 Å². The Balaban J connectivity index is 1.95. The van der Waals surface area contributed by atoms with Gasteiger partial charge in [-0.3, -0.25) is 14.8 Å². The average Bonchev–Trinajstić information content (AvgIpc) is 2.69. The number of rotatable bonds is 6. The summed E-state index contributed by atoms with van der Waals surface area (Å²) in [5.41, 5.74) is 7.30. The van der Waals surface area contributed by atoms with Crippen LogP contribution in [0.2, 0.25) is 0 Å². The Hall–Kier alpha value is -3.41. The lowest BCUT2D eigenvalue weighted by molar-refractivity contribution is -0.132. The number of nitrogens with one attached hydrogen (secondary N) is 2. The summed E-state index contributed by atoms with van der Waals surface area (Å²) < 4.78 is 5.50. The van der Waals surface area contributed by atoms with Crippen LogP contribution in [0, 0.1) is 11.8 Å². The van der Waals surface area contributed by atoms with Crippen molar-refractivity contribution < 1.29 is 19.5 Å². The van der Waals surface area contributed by atoms with Crippen LogP contribution in [0.3, 0.4) is 0 Å². The van der Waals surface area contributed by atoms with Gasteiger partial charge >= 0.3 is 0 Å². The second-order valence-corrected chi connectivity index (χ2v) is 6.53. The fourth-order valence-corrected chi connectivity index (χ4v) is 2.25. The first-order chi connectivity index (χ1) is 13.3. The highest BCUT2D eigenvalue weighted by molar-refractivity contribution is 5.97. The van der Waals surface area contributed by atoms with Crippen molar-refractivity contribution >= 4 is 11.8 Å². The lowest BCUT2D eigenvalue weighted by atomic mass is 9.95. The van der Waals surface area contributed by atoms with Gasteiger partial charge in [-0.25, -0.2) is 10.5 Å². The number of nitrogens with zero attached hydrogens (tertiary/aromatic N) is 1. The summed E-state index contributed by atoms with van der Waals surface area (Å²) >= 11 is 0. The van der Waals surface area contributed by atoms with Crippen molar-refractivity contribution in [2.75, 3.05) is 6.61 Å². The summed E-state index contributed by atoms with van der Waals surface area (Å²) in [6.07, 6.45) is 1.66. The molecule has 1 heterocycles. The zero-order chi connectivity index (χ0) is 20.6. The number of hydrogen-bond donors (Lipinski definition) is 4. The van der Waals surface area contributed by atoms with Gasteiger partial charge in [0, 0.05) is 17.3 Å². The second-order valence-electron chi connectivity index (χ2n) is 6.53. The second kappa shape index (κ2) is 9.50. The van der Waals surface area contributed by atoms with E-state index in [1.165, 1.54) is 5.48 Å². The Kier molecular flexibility index (Phi) is 7.09. The molecular formula is C20H22N4O4. The van der Waals surface area contributed by atoms with E-state index >= 15 is 0 Å². The summed E-state index contributed by atoms with van der Waals surface area (Å²) in [5, 5.41) is 11.3. The Morgan fingerprint density at radius 3 is 2.54 bits per heavy atom. The molecule has 0 spiro atoms. The third kappa shape index (κ3) is 6.09. The maximum Gasteiger partial charge on any atom is 0.267 e. The molecule has 0 saturated heterocycles. The summed E-state index contributed by atoms with van der Waals surface area (Å²) in [6, 6.07) is 10.7. The predicted octanol–water partition coefficient (Wildman–Crippen LogP) is 0.853. The van der Waals surface area contributed by atoms with Gasteiger partial charge in [-0.1, -0.05) is 12.0 Å². The molecular weight excluding hydrogens is 360 g/mol. The van der Waals surface area contributed by atoms with Crippen molar-refractivity contribution in [3.63, 3.8) is 0 Å². The van der Waals surface area contributed by atoms with E-state index in [2.05, 4.69) is 22.1 Å². The van der Waals surface area contributed by atoms with E-state index in [9.17, 15) is 9.59 Å². The van der Waals surface area contributed by atoms with E-state index in [1.54, 1.807) is 50.4 Å². The number of ether oxygens (including phenoxy) is 1. The van der Waals surface area contributed by atoms with E-state index in [0.29, 0.717) is 17.0 Å². The third-order valence-corrected chi connectivity index (χ3v) is 3.70. The van der Waals surface area contributed by atoms with Gasteiger partial charge in [0.1, 0.15) is 24.1 Å². The molecule has 0 fully saturated rings. The molecule has 1 atom stereocenters. The summed E-state index contributed by atoms with van der Waals surface area (Å²) in [5.74, 6) is 4.96. The Bertz CT molecular complexity index is 865. The van der Waals surface area contributed by atoms with Gasteiger partial charge in [-0.15, -0.1) is 0 Å². The first-order valence-electron chi connectivity index (χ1n) is 8.47. The highest BCUT2D eigenvalue weighted by Gasteiger charge is 2.33. The molecule has 2 rings (SSSR count). The topological polar surface area (TPSA) is 127 Å². The van der Waals surface area contributed by atoms with Crippen molar-refractivity contribution in [2.24, 2.45) is 5.73 Å². The highest BCUT2D eigenvalue weighted by atomic mass is 16.5. The Morgan fingerprint density at radius 1 is 1.25 bits per heavy atom. The maximum absolute atomic E-state index is 12.4. The molecule has 8 heteroatoms. The molecule has 0 bridgehead atoms. The molecule has 1 aromatic heterocycles. The van der Waals surface area contributed by atoms with Crippen LogP contribution in [0.25, 0.3) is 0 Å². The molecule has 146 valence electrons. The Morgan fingerprint density at radius 2 is 1.96 bits per heavy atom. The number of amides is 2. The van der Waals surface area contributed by atoms with E-state index in [1.807, 2.05) is 12.1 Å². The molecule has 0 aliphatic rings. The van der Waals surface area contributed by atoms with Crippen LogP contribution >= 0.6 is 0 Å². The standard InChI is InChI=1S/C20H22N4O4/c1-20(2,21)17(19(26)24-27)23-18(25)14-8-10-16(11-9-14)28-13-5-7-15-6-3-4-12-22-15/h3-4,6,8-12,17,27H,13,21H2,1-2H3,(H,23,25)(H,24,26)/t17-/m1/s1. The quantitative estimate of drug-likeness (QED) is 0.333. The molecule has 0 aliphatic heterocycles. The van der Waals surface area contributed by atoms with Crippen molar-refractivity contribution in [2.45, 2.75) is 25.4 Å². The fourth-order valence-electron chi connectivity index (χ4n) is 2.25. The van der Waals surface area contributed by atoms with E-state index in [4.69, 9.17) is 15.7 Å². The Labute approximate surface area is 163 Å². The highest BCUT2D eigenvalue weighted by Crippen LogP contribution is 2.13. The average molecular weight is 382 g/mol. The van der Waals surface area contributed by atoms with Gasteiger partial charge in [-0.2, -0.15) is 0 Å². The van der Waals surface area contributed by atoms with E-state index < -0.39 is 23.4 Å². The molecule has 2 aromatic rings. The van der Waals surface area contributed by atoms with E-state index in [-0.39, 0.29) is 6.61 Å². The number of pyridine rings is 1. The van der Waals surface area contributed by atoms with Crippen molar-refractivity contribution in [3.05, 3.63) is 59.9 Å². The molecule has 0 aliphatic carbocycles. The SMILES string of the molecule is CC(C)(N)[C@H](NC(=O)c1ccc(OCC#Cc2ccccn2)cc1)C(=O)NO. The molecule has 0 radical (unpaired) electrons. The van der Waals surface area contributed by atoms with Crippen LogP contribution in [-0.2, 0) is 4.79 Å². The number of carbonyl (C=O) groups is 2. The van der Waals surface area contributed by atoms with Crippen LogP contribution in [0.4, 0.5) is 0 Å². The normalized spacial score (nSPS) is 11.6. The monoisotopic (exact) mass is 382 g/mol. The van der Waals surface area contributed by atoms with Crippen LogP contribution in [0.5, 0.6) is 5.75 Å².